The maximum absolute atomic E-state index is 12.9. The first-order valence-corrected chi connectivity index (χ1v) is 10.5. The molecule has 0 spiro atoms. The lowest BCUT2D eigenvalue weighted by Gasteiger charge is -2.33. The number of carbonyl (C=O) groups is 1. The third kappa shape index (κ3) is 4.26. The van der Waals surface area contributed by atoms with E-state index in [1.807, 2.05) is 42.6 Å². The molecule has 0 radical (unpaired) electrons. The second kappa shape index (κ2) is 8.68. The van der Waals surface area contributed by atoms with Crippen LogP contribution in [0, 0.1) is 0 Å². The molecule has 4 aromatic rings. The highest BCUT2D eigenvalue weighted by Crippen LogP contribution is 2.23. The van der Waals surface area contributed by atoms with Crippen molar-refractivity contribution in [3.63, 3.8) is 0 Å². The number of benzene rings is 1. The van der Waals surface area contributed by atoms with E-state index in [1.54, 1.807) is 24.7 Å². The van der Waals surface area contributed by atoms with Gasteiger partial charge in [-0.1, -0.05) is 18.2 Å². The summed E-state index contributed by atoms with van der Waals surface area (Å²) >= 11 is 0. The fraction of sp³-hybridized carbons (Fsp3) is 0.208. The van der Waals surface area contributed by atoms with Crippen molar-refractivity contribution in [2.24, 2.45) is 0 Å². The summed E-state index contributed by atoms with van der Waals surface area (Å²) in [6.07, 6.45) is 6.94. The van der Waals surface area contributed by atoms with Gasteiger partial charge in [0.1, 0.15) is 5.82 Å². The summed E-state index contributed by atoms with van der Waals surface area (Å²) in [4.78, 5) is 34.8. The second-order valence-electron chi connectivity index (χ2n) is 7.86. The summed E-state index contributed by atoms with van der Waals surface area (Å²) in [5, 5.41) is 3.72. The van der Waals surface area contributed by atoms with Crippen molar-refractivity contribution in [2.45, 2.75) is 0 Å². The molecule has 4 heterocycles. The number of likely N-dealkylation sites (N-methyl/N-ethyl adjacent to an activating group) is 1. The minimum Gasteiger partial charge on any atom is -0.354 e. The summed E-state index contributed by atoms with van der Waals surface area (Å²) in [5.41, 5.74) is 3.30. The number of carbonyl (C=O) groups excluding carboxylic acids is 1. The molecule has 1 N–H and O–H groups in total. The monoisotopic (exact) mass is 425 g/mol. The number of nitrogens with one attached hydrogen (secondary N) is 1. The number of aromatic nitrogens is 4. The molecule has 1 aliphatic heterocycles. The fourth-order valence-corrected chi connectivity index (χ4v) is 3.74. The average molecular weight is 425 g/mol. The summed E-state index contributed by atoms with van der Waals surface area (Å²) in [7, 11) is 2.11. The normalized spacial score (nSPS) is 14.5. The summed E-state index contributed by atoms with van der Waals surface area (Å²) in [6.45, 7) is 3.73. The van der Waals surface area contributed by atoms with Gasteiger partial charge in [-0.05, 0) is 36.9 Å². The van der Waals surface area contributed by atoms with Crippen molar-refractivity contribution < 1.29 is 4.79 Å². The van der Waals surface area contributed by atoms with Crippen molar-refractivity contribution in [3.05, 3.63) is 72.8 Å². The Balaban J connectivity index is 1.36. The fourth-order valence-electron chi connectivity index (χ4n) is 3.74. The van der Waals surface area contributed by atoms with Gasteiger partial charge in [-0.3, -0.25) is 15.1 Å². The van der Waals surface area contributed by atoms with E-state index in [0.717, 1.165) is 54.0 Å². The molecule has 8 nitrogen and oxygen atoms in total. The van der Waals surface area contributed by atoms with Gasteiger partial charge in [-0.2, -0.15) is 0 Å². The van der Waals surface area contributed by atoms with E-state index in [1.165, 1.54) is 0 Å². The van der Waals surface area contributed by atoms with E-state index in [4.69, 9.17) is 0 Å². The molecule has 0 saturated carbocycles. The summed E-state index contributed by atoms with van der Waals surface area (Å²) in [5.74, 6) is 0.820. The molecular weight excluding hydrogens is 402 g/mol. The molecule has 1 saturated heterocycles. The zero-order valence-electron chi connectivity index (χ0n) is 17.8. The Hall–Kier alpha value is -3.91. The third-order valence-corrected chi connectivity index (χ3v) is 5.64. The van der Waals surface area contributed by atoms with Crippen LogP contribution in [0.4, 0.5) is 11.8 Å². The van der Waals surface area contributed by atoms with Crippen LogP contribution in [0.2, 0.25) is 0 Å². The van der Waals surface area contributed by atoms with Crippen molar-refractivity contribution in [1.29, 1.82) is 0 Å². The van der Waals surface area contributed by atoms with Crippen LogP contribution in [0.5, 0.6) is 0 Å². The molecule has 0 bridgehead atoms. The lowest BCUT2D eigenvalue weighted by molar-refractivity contribution is 0.102. The molecule has 1 aliphatic rings. The average Bonchev–Trinajstić information content (AvgIpc) is 2.84. The topological polar surface area (TPSA) is 87.1 Å². The molecule has 160 valence electrons. The first kappa shape index (κ1) is 20.0. The van der Waals surface area contributed by atoms with E-state index in [0.29, 0.717) is 5.56 Å². The minimum atomic E-state index is -0.259. The Morgan fingerprint density at radius 1 is 0.938 bits per heavy atom. The van der Waals surface area contributed by atoms with Gasteiger partial charge >= 0.3 is 0 Å². The highest BCUT2D eigenvalue weighted by Gasteiger charge is 2.17. The van der Waals surface area contributed by atoms with Crippen LogP contribution >= 0.6 is 0 Å². The molecule has 0 atom stereocenters. The Morgan fingerprint density at radius 3 is 2.62 bits per heavy atom. The van der Waals surface area contributed by atoms with Crippen molar-refractivity contribution in [1.82, 2.24) is 24.8 Å². The first-order valence-electron chi connectivity index (χ1n) is 10.5. The van der Waals surface area contributed by atoms with Gasteiger partial charge in [-0.15, -0.1) is 0 Å². The maximum atomic E-state index is 12.9. The first-order chi connectivity index (χ1) is 15.7. The van der Waals surface area contributed by atoms with Crippen LogP contribution in [-0.2, 0) is 0 Å². The largest absolute Gasteiger partial charge is 0.354 e. The van der Waals surface area contributed by atoms with Crippen molar-refractivity contribution in [2.75, 3.05) is 43.4 Å². The van der Waals surface area contributed by atoms with Gasteiger partial charge in [0.15, 0.2) is 0 Å². The van der Waals surface area contributed by atoms with Gasteiger partial charge in [0.25, 0.3) is 5.91 Å². The molecule has 8 heteroatoms. The Labute approximate surface area is 186 Å². The van der Waals surface area contributed by atoms with Crippen molar-refractivity contribution >= 4 is 28.6 Å². The number of anilines is 2. The van der Waals surface area contributed by atoms with Gasteiger partial charge in [0, 0.05) is 67.5 Å². The molecule has 0 unspecified atom stereocenters. The molecule has 32 heavy (non-hydrogen) atoms. The van der Waals surface area contributed by atoms with E-state index >= 15 is 0 Å². The standard InChI is InChI=1S/C24H23N7O/c1-30-9-11-31(12-10-30)22-14-18(6-8-26-22)23(32)29-24-27-16-20-5-4-17(13-21(20)28-24)19-3-2-7-25-15-19/h2-8,13-16H,9-12H2,1H3,(H,27,28,29,32). The van der Waals surface area contributed by atoms with Gasteiger partial charge in [0.2, 0.25) is 5.95 Å². The Morgan fingerprint density at radius 2 is 1.81 bits per heavy atom. The molecule has 3 aromatic heterocycles. The van der Waals surface area contributed by atoms with E-state index in [-0.39, 0.29) is 11.9 Å². The van der Waals surface area contributed by atoms with E-state index < -0.39 is 0 Å². The minimum absolute atomic E-state index is 0.259. The molecule has 1 amide bonds. The number of rotatable bonds is 4. The number of nitrogens with zero attached hydrogens (tertiary/aromatic N) is 6. The number of piperazine rings is 1. The highest BCUT2D eigenvalue weighted by molar-refractivity contribution is 6.04. The number of pyridine rings is 2. The maximum Gasteiger partial charge on any atom is 0.258 e. The molecular formula is C24H23N7O. The zero-order valence-corrected chi connectivity index (χ0v) is 17.8. The third-order valence-electron chi connectivity index (χ3n) is 5.64. The predicted octanol–water partition coefficient (Wildman–Crippen LogP) is 3.09. The number of hydrogen-bond donors (Lipinski definition) is 1. The van der Waals surface area contributed by atoms with Crippen LogP contribution in [0.15, 0.2) is 67.3 Å². The van der Waals surface area contributed by atoms with Crippen molar-refractivity contribution in [3.8, 4) is 11.1 Å². The number of fused-ring (bicyclic) bond motifs is 1. The van der Waals surface area contributed by atoms with E-state index in [2.05, 4.69) is 42.1 Å². The van der Waals surface area contributed by atoms with Crippen LogP contribution in [-0.4, -0.2) is 64.0 Å². The Bertz CT molecular complexity index is 1250. The SMILES string of the molecule is CN1CCN(c2cc(C(=O)Nc3ncc4ccc(-c5cccnc5)cc4n3)ccn2)CC1. The van der Waals surface area contributed by atoms with Gasteiger partial charge < -0.3 is 9.80 Å². The molecule has 5 rings (SSSR count). The van der Waals surface area contributed by atoms with E-state index in [9.17, 15) is 4.79 Å². The molecule has 1 fully saturated rings. The lowest BCUT2D eigenvalue weighted by Crippen LogP contribution is -2.44. The van der Waals surface area contributed by atoms with Crippen LogP contribution in [0.3, 0.4) is 0 Å². The van der Waals surface area contributed by atoms with Gasteiger partial charge in [-0.25, -0.2) is 15.0 Å². The quantitative estimate of drug-likeness (QED) is 0.538. The van der Waals surface area contributed by atoms with Crippen LogP contribution in [0.1, 0.15) is 10.4 Å². The van der Waals surface area contributed by atoms with Crippen LogP contribution in [0.25, 0.3) is 22.0 Å². The summed E-state index contributed by atoms with van der Waals surface area (Å²) in [6, 6.07) is 13.4. The second-order valence-corrected chi connectivity index (χ2v) is 7.86. The highest BCUT2D eigenvalue weighted by atomic mass is 16.1. The predicted molar refractivity (Wildman–Crippen MR) is 125 cm³/mol. The zero-order chi connectivity index (χ0) is 21.9. The Kier molecular flexibility index (Phi) is 5.43. The van der Waals surface area contributed by atoms with Gasteiger partial charge in [0.05, 0.1) is 5.52 Å². The molecule has 1 aromatic carbocycles. The van der Waals surface area contributed by atoms with Crippen LogP contribution < -0.4 is 10.2 Å². The molecule has 0 aliphatic carbocycles. The lowest BCUT2D eigenvalue weighted by atomic mass is 10.1. The summed E-state index contributed by atoms with van der Waals surface area (Å²) < 4.78 is 0. The number of amides is 1. The number of hydrogen-bond acceptors (Lipinski definition) is 7. The smallest absolute Gasteiger partial charge is 0.258 e.